The molecule has 4 rings (SSSR count). The highest BCUT2D eigenvalue weighted by atomic mass is 16.2. The van der Waals surface area contributed by atoms with Crippen LogP contribution in [0, 0.1) is 0 Å². The van der Waals surface area contributed by atoms with Gasteiger partial charge in [-0.15, -0.1) is 10.2 Å². The van der Waals surface area contributed by atoms with Gasteiger partial charge in [0.15, 0.2) is 5.82 Å². The van der Waals surface area contributed by atoms with E-state index in [0.717, 1.165) is 75.5 Å². The summed E-state index contributed by atoms with van der Waals surface area (Å²) >= 11 is 0. The van der Waals surface area contributed by atoms with Gasteiger partial charge >= 0.3 is 0 Å². The van der Waals surface area contributed by atoms with Crippen LogP contribution in [-0.2, 0) is 11.2 Å². The van der Waals surface area contributed by atoms with Crippen molar-refractivity contribution >= 4 is 5.91 Å². The van der Waals surface area contributed by atoms with Crippen molar-refractivity contribution in [2.45, 2.75) is 38.1 Å². The molecule has 3 heterocycles. The molecule has 1 amide bonds. The summed E-state index contributed by atoms with van der Waals surface area (Å²) in [6.07, 6.45) is 4.93. The fourth-order valence-corrected chi connectivity index (χ4v) is 4.07. The van der Waals surface area contributed by atoms with Crippen molar-refractivity contribution in [3.05, 3.63) is 36.2 Å². The highest BCUT2D eigenvalue weighted by molar-refractivity contribution is 5.81. The van der Waals surface area contributed by atoms with Crippen LogP contribution in [0.15, 0.2) is 30.3 Å². The fourth-order valence-electron chi connectivity index (χ4n) is 4.07. The van der Waals surface area contributed by atoms with Crippen molar-refractivity contribution in [2.75, 3.05) is 33.2 Å². The molecule has 26 heavy (non-hydrogen) atoms. The van der Waals surface area contributed by atoms with E-state index >= 15 is 0 Å². The van der Waals surface area contributed by atoms with E-state index in [9.17, 15) is 4.79 Å². The molecule has 0 aliphatic carbocycles. The summed E-state index contributed by atoms with van der Waals surface area (Å²) in [6.45, 7) is 3.66. The number of rotatable bonds is 2. The molecule has 1 aromatic carbocycles. The zero-order chi connectivity index (χ0) is 17.9. The van der Waals surface area contributed by atoms with E-state index < -0.39 is 0 Å². The maximum absolute atomic E-state index is 13.4. The highest BCUT2D eigenvalue weighted by Crippen LogP contribution is 2.30. The Morgan fingerprint density at radius 3 is 2.69 bits per heavy atom. The highest BCUT2D eigenvalue weighted by Gasteiger charge is 2.32. The number of hydrogen-bond donors (Lipinski definition) is 0. The van der Waals surface area contributed by atoms with Gasteiger partial charge in [-0.05, 0) is 32.9 Å². The largest absolute Gasteiger partial charge is 0.340 e. The van der Waals surface area contributed by atoms with Gasteiger partial charge in [0.1, 0.15) is 11.9 Å². The van der Waals surface area contributed by atoms with Gasteiger partial charge in [0.25, 0.3) is 0 Å². The number of benzene rings is 1. The van der Waals surface area contributed by atoms with Crippen LogP contribution in [0.4, 0.5) is 0 Å². The Balaban J connectivity index is 1.68. The first-order valence-electron chi connectivity index (χ1n) is 9.70. The molecule has 1 atom stereocenters. The number of aromatic nitrogens is 3. The molecule has 0 saturated carbocycles. The predicted octanol–water partition coefficient (Wildman–Crippen LogP) is 2.38. The summed E-state index contributed by atoms with van der Waals surface area (Å²) in [4.78, 5) is 17.8. The molecular weight excluding hydrogens is 326 g/mol. The zero-order valence-electron chi connectivity index (χ0n) is 15.5. The van der Waals surface area contributed by atoms with E-state index in [1.54, 1.807) is 0 Å². The molecular formula is C20H27N5O. The third-order valence-corrected chi connectivity index (χ3v) is 5.55. The molecule has 2 aliphatic rings. The minimum absolute atomic E-state index is 0.180. The van der Waals surface area contributed by atoms with E-state index in [4.69, 9.17) is 0 Å². The van der Waals surface area contributed by atoms with Crippen LogP contribution in [0.3, 0.4) is 0 Å². The minimum atomic E-state index is -0.180. The Morgan fingerprint density at radius 2 is 1.85 bits per heavy atom. The van der Waals surface area contributed by atoms with Crippen LogP contribution in [0.25, 0.3) is 11.4 Å². The van der Waals surface area contributed by atoms with E-state index in [0.29, 0.717) is 0 Å². The van der Waals surface area contributed by atoms with Crippen molar-refractivity contribution in [3.8, 4) is 11.4 Å². The molecule has 2 aliphatic heterocycles. The van der Waals surface area contributed by atoms with Gasteiger partial charge in [0.05, 0.1) is 0 Å². The first kappa shape index (κ1) is 17.2. The van der Waals surface area contributed by atoms with Crippen molar-refractivity contribution in [3.63, 3.8) is 0 Å². The van der Waals surface area contributed by atoms with Gasteiger partial charge in [0.2, 0.25) is 5.91 Å². The molecule has 0 radical (unpaired) electrons. The minimum Gasteiger partial charge on any atom is -0.340 e. The van der Waals surface area contributed by atoms with Crippen LogP contribution < -0.4 is 0 Å². The second-order valence-corrected chi connectivity index (χ2v) is 7.42. The summed E-state index contributed by atoms with van der Waals surface area (Å²) in [5.74, 6) is 2.01. The lowest BCUT2D eigenvalue weighted by Gasteiger charge is -2.27. The molecule has 1 unspecified atom stereocenters. The van der Waals surface area contributed by atoms with Gasteiger partial charge in [-0.3, -0.25) is 9.36 Å². The molecule has 138 valence electrons. The molecule has 6 heteroatoms. The standard InChI is InChI=1S/C20H27N5O/c1-23-12-7-13-24(15-14-23)20(26)17-10-5-6-11-18-21-22-19(25(17)18)16-8-3-2-4-9-16/h2-4,8-9,17H,5-7,10-15H2,1H3. The lowest BCUT2D eigenvalue weighted by Crippen LogP contribution is -2.39. The summed E-state index contributed by atoms with van der Waals surface area (Å²) in [6, 6.07) is 9.93. The molecule has 0 N–H and O–H groups in total. The first-order valence-corrected chi connectivity index (χ1v) is 9.70. The van der Waals surface area contributed by atoms with Crippen LogP contribution in [-0.4, -0.2) is 63.7 Å². The quantitative estimate of drug-likeness (QED) is 0.832. The first-order chi connectivity index (χ1) is 12.7. The molecule has 1 fully saturated rings. The molecule has 0 spiro atoms. The third kappa shape index (κ3) is 3.38. The van der Waals surface area contributed by atoms with E-state index in [1.165, 1.54) is 0 Å². The van der Waals surface area contributed by atoms with Gasteiger partial charge in [0, 0.05) is 31.6 Å². The Hall–Kier alpha value is -2.21. The monoisotopic (exact) mass is 353 g/mol. The number of carbonyl (C=O) groups is 1. The lowest BCUT2D eigenvalue weighted by atomic mass is 10.1. The SMILES string of the molecule is CN1CCCN(C(=O)C2CCCCc3nnc(-c4ccccc4)n32)CC1. The molecule has 1 saturated heterocycles. The summed E-state index contributed by atoms with van der Waals surface area (Å²) < 4.78 is 2.12. The lowest BCUT2D eigenvalue weighted by molar-refractivity contribution is -0.134. The van der Waals surface area contributed by atoms with Crippen molar-refractivity contribution in [1.82, 2.24) is 24.6 Å². The zero-order valence-corrected chi connectivity index (χ0v) is 15.5. The van der Waals surface area contributed by atoms with E-state index in [2.05, 4.69) is 31.6 Å². The van der Waals surface area contributed by atoms with Crippen molar-refractivity contribution in [1.29, 1.82) is 0 Å². The Bertz CT molecular complexity index is 757. The molecule has 2 aromatic rings. The van der Waals surface area contributed by atoms with Gasteiger partial charge < -0.3 is 9.80 Å². The molecule has 0 bridgehead atoms. The van der Waals surface area contributed by atoms with Gasteiger partial charge in [-0.2, -0.15) is 0 Å². The number of hydrogen-bond acceptors (Lipinski definition) is 4. The number of fused-ring (bicyclic) bond motifs is 1. The van der Waals surface area contributed by atoms with E-state index in [-0.39, 0.29) is 11.9 Å². The predicted molar refractivity (Wildman–Crippen MR) is 101 cm³/mol. The van der Waals surface area contributed by atoms with Crippen LogP contribution in [0.5, 0.6) is 0 Å². The Kier molecular flexibility index (Phi) is 5.02. The van der Waals surface area contributed by atoms with Crippen LogP contribution >= 0.6 is 0 Å². The van der Waals surface area contributed by atoms with Crippen LogP contribution in [0.1, 0.15) is 37.5 Å². The molecule has 6 nitrogen and oxygen atoms in total. The van der Waals surface area contributed by atoms with Crippen LogP contribution in [0.2, 0.25) is 0 Å². The topological polar surface area (TPSA) is 54.3 Å². The Morgan fingerprint density at radius 1 is 1.00 bits per heavy atom. The summed E-state index contributed by atoms with van der Waals surface area (Å²) in [5.41, 5.74) is 1.03. The smallest absolute Gasteiger partial charge is 0.245 e. The van der Waals surface area contributed by atoms with Gasteiger partial charge in [-0.1, -0.05) is 36.8 Å². The molecule has 1 aromatic heterocycles. The van der Waals surface area contributed by atoms with Gasteiger partial charge in [-0.25, -0.2) is 0 Å². The third-order valence-electron chi connectivity index (χ3n) is 5.55. The normalized spacial score (nSPS) is 21.7. The average Bonchev–Trinajstić information content (AvgIpc) is 2.82. The second kappa shape index (κ2) is 7.58. The van der Waals surface area contributed by atoms with E-state index in [1.807, 2.05) is 30.3 Å². The number of carbonyl (C=O) groups excluding carboxylic acids is 1. The van der Waals surface area contributed by atoms with Crippen molar-refractivity contribution in [2.24, 2.45) is 0 Å². The number of aryl methyl sites for hydroxylation is 1. The fraction of sp³-hybridized carbons (Fsp3) is 0.550. The summed E-state index contributed by atoms with van der Waals surface area (Å²) in [7, 11) is 2.13. The summed E-state index contributed by atoms with van der Waals surface area (Å²) in [5, 5.41) is 8.89. The number of likely N-dealkylation sites (N-methyl/N-ethyl adjacent to an activating group) is 1. The van der Waals surface area contributed by atoms with Crippen molar-refractivity contribution < 1.29 is 4.79 Å². The second-order valence-electron chi connectivity index (χ2n) is 7.42. The average molecular weight is 353 g/mol. The maximum Gasteiger partial charge on any atom is 0.245 e. The number of nitrogens with zero attached hydrogens (tertiary/aromatic N) is 5. The maximum atomic E-state index is 13.4. The Labute approximate surface area is 154 Å². The number of amides is 1.